The Kier molecular flexibility index (Phi) is 6.80. The molecule has 0 atom stereocenters. The van der Waals surface area contributed by atoms with Crippen molar-refractivity contribution >= 4 is 17.0 Å². The zero-order chi connectivity index (χ0) is 28.9. The third-order valence-corrected chi connectivity index (χ3v) is 7.29. The van der Waals surface area contributed by atoms with E-state index in [1.807, 2.05) is 0 Å². The molecule has 0 saturated heterocycles. The van der Waals surface area contributed by atoms with E-state index in [-0.39, 0.29) is 29.1 Å². The highest BCUT2D eigenvalue weighted by atomic mass is 19.4. The van der Waals surface area contributed by atoms with Gasteiger partial charge in [-0.1, -0.05) is 12.1 Å². The zero-order valence-electron chi connectivity index (χ0n) is 22.1. The third kappa shape index (κ3) is 4.78. The molecule has 12 heteroatoms. The first-order chi connectivity index (χ1) is 18.9. The lowest BCUT2D eigenvalue weighted by Crippen LogP contribution is -2.42. The van der Waals surface area contributed by atoms with E-state index < -0.39 is 41.1 Å². The minimum atomic E-state index is -4.63. The summed E-state index contributed by atoms with van der Waals surface area (Å²) in [6.07, 6.45) is -1.51. The van der Waals surface area contributed by atoms with Gasteiger partial charge in [-0.2, -0.15) is 13.2 Å². The molecular formula is C28H27F3N4O5. The van der Waals surface area contributed by atoms with E-state index >= 15 is 0 Å². The Morgan fingerprint density at radius 3 is 2.40 bits per heavy atom. The van der Waals surface area contributed by atoms with E-state index in [0.717, 1.165) is 34.2 Å². The summed E-state index contributed by atoms with van der Waals surface area (Å²) in [7, 11) is 1.65. The van der Waals surface area contributed by atoms with Crippen molar-refractivity contribution < 1.29 is 22.7 Å². The second-order valence-corrected chi connectivity index (χ2v) is 9.96. The molecule has 0 bridgehead atoms. The number of ether oxygens (including phenoxy) is 1. The molecule has 0 spiro atoms. The fourth-order valence-corrected chi connectivity index (χ4v) is 4.89. The summed E-state index contributed by atoms with van der Waals surface area (Å²) >= 11 is 0. The standard InChI is InChI=1S/C28H27F3N4O5/c1-4-40-25(37)20-15-33(19-10-11-22-23(12-19)34(13-17-8-9-17)26(38)32(22)3)27(39)35(24(20)36)14-18-6-5-7-21(16(18)2)28(29,30)31/h5-7,10-12,15,17H,4,8-9,13-14H2,1-3H3. The number of esters is 1. The number of alkyl halides is 3. The zero-order valence-corrected chi connectivity index (χ0v) is 22.1. The Hall–Kier alpha value is -4.35. The summed E-state index contributed by atoms with van der Waals surface area (Å²) in [6.45, 7) is 2.81. The van der Waals surface area contributed by atoms with Crippen molar-refractivity contribution in [2.45, 2.75) is 46.0 Å². The topological polar surface area (TPSA) is 97.2 Å². The van der Waals surface area contributed by atoms with Crippen molar-refractivity contribution in [3.05, 3.63) is 96.2 Å². The molecule has 1 aliphatic rings. The third-order valence-electron chi connectivity index (χ3n) is 7.29. The number of aryl methyl sites for hydroxylation is 1. The maximum absolute atomic E-state index is 13.7. The molecule has 9 nitrogen and oxygen atoms in total. The predicted molar refractivity (Wildman–Crippen MR) is 141 cm³/mol. The summed E-state index contributed by atoms with van der Waals surface area (Å²) in [5.74, 6) is -0.579. The van der Waals surface area contributed by atoms with Crippen LogP contribution in [-0.4, -0.2) is 30.8 Å². The smallest absolute Gasteiger partial charge is 0.416 e. The van der Waals surface area contributed by atoms with E-state index in [1.54, 1.807) is 36.7 Å². The number of imidazole rings is 1. The molecular weight excluding hydrogens is 529 g/mol. The second-order valence-electron chi connectivity index (χ2n) is 9.96. The molecule has 0 N–H and O–H groups in total. The van der Waals surface area contributed by atoms with Gasteiger partial charge in [-0.25, -0.2) is 14.4 Å². The minimum Gasteiger partial charge on any atom is -0.462 e. The van der Waals surface area contributed by atoms with Crippen molar-refractivity contribution in [3.63, 3.8) is 0 Å². The molecule has 2 aromatic carbocycles. The van der Waals surface area contributed by atoms with Crippen molar-refractivity contribution in [1.82, 2.24) is 18.3 Å². The Bertz CT molecular complexity index is 1820. The molecule has 0 aliphatic heterocycles. The molecule has 210 valence electrons. The molecule has 2 heterocycles. The van der Waals surface area contributed by atoms with Crippen LogP contribution in [-0.2, 0) is 31.1 Å². The molecule has 0 radical (unpaired) electrons. The van der Waals surface area contributed by atoms with Gasteiger partial charge >= 0.3 is 23.5 Å². The predicted octanol–water partition coefficient (Wildman–Crippen LogP) is 3.61. The number of nitrogens with zero attached hydrogens (tertiary/aromatic N) is 4. The fourth-order valence-electron chi connectivity index (χ4n) is 4.89. The molecule has 0 amide bonds. The number of carbonyl (C=O) groups is 1. The normalized spacial score (nSPS) is 13.7. The molecule has 5 rings (SSSR count). The summed E-state index contributed by atoms with van der Waals surface area (Å²) in [5, 5.41) is 0. The van der Waals surface area contributed by atoms with E-state index in [9.17, 15) is 32.3 Å². The van der Waals surface area contributed by atoms with Gasteiger partial charge in [-0.15, -0.1) is 0 Å². The van der Waals surface area contributed by atoms with Gasteiger partial charge in [-0.3, -0.25) is 23.1 Å². The first-order valence-electron chi connectivity index (χ1n) is 12.8. The highest BCUT2D eigenvalue weighted by Crippen LogP contribution is 2.33. The first-order valence-corrected chi connectivity index (χ1v) is 12.8. The van der Waals surface area contributed by atoms with E-state index in [2.05, 4.69) is 0 Å². The van der Waals surface area contributed by atoms with E-state index in [1.165, 1.54) is 23.6 Å². The quantitative estimate of drug-likeness (QED) is 0.324. The number of rotatable bonds is 7. The maximum atomic E-state index is 13.7. The summed E-state index contributed by atoms with van der Waals surface area (Å²) in [4.78, 5) is 52.6. The van der Waals surface area contributed by atoms with Crippen LogP contribution in [0.15, 0.2) is 57.0 Å². The number of benzene rings is 2. The number of hydrogen-bond donors (Lipinski definition) is 0. The van der Waals surface area contributed by atoms with Crippen LogP contribution >= 0.6 is 0 Å². The second kappa shape index (κ2) is 10.00. The molecule has 1 saturated carbocycles. The SMILES string of the molecule is CCOC(=O)c1cn(-c2ccc3c(c2)n(CC2CC2)c(=O)n3C)c(=O)n(Cc2cccc(C(F)(F)F)c2C)c1=O. The lowest BCUT2D eigenvalue weighted by Gasteiger charge is -2.16. The average Bonchev–Trinajstić information content (AvgIpc) is 3.69. The minimum absolute atomic E-state index is 0.0342. The van der Waals surface area contributed by atoms with Crippen molar-refractivity contribution in [2.75, 3.05) is 6.61 Å². The lowest BCUT2D eigenvalue weighted by atomic mass is 10.0. The highest BCUT2D eigenvalue weighted by Gasteiger charge is 2.33. The van der Waals surface area contributed by atoms with Crippen LogP contribution in [0.5, 0.6) is 0 Å². The largest absolute Gasteiger partial charge is 0.462 e. The molecule has 0 unspecified atom stereocenters. The molecule has 2 aromatic heterocycles. The number of carbonyl (C=O) groups excluding carboxylic acids is 1. The van der Waals surface area contributed by atoms with E-state index in [0.29, 0.717) is 23.5 Å². The van der Waals surface area contributed by atoms with Gasteiger partial charge in [0.15, 0.2) is 0 Å². The molecule has 40 heavy (non-hydrogen) atoms. The summed E-state index contributed by atoms with van der Waals surface area (Å²) in [6, 6.07) is 8.38. The van der Waals surface area contributed by atoms with E-state index in [4.69, 9.17) is 4.74 Å². The number of fused-ring (bicyclic) bond motifs is 1. The monoisotopic (exact) mass is 556 g/mol. The summed E-state index contributed by atoms with van der Waals surface area (Å²) < 4.78 is 50.5. The van der Waals surface area contributed by atoms with Gasteiger partial charge in [-0.05, 0) is 68.0 Å². The average molecular weight is 557 g/mol. The summed E-state index contributed by atoms with van der Waals surface area (Å²) in [5.41, 5.74) is -1.94. The Morgan fingerprint density at radius 1 is 1.02 bits per heavy atom. The maximum Gasteiger partial charge on any atom is 0.416 e. The Labute approximate surface area is 225 Å². The lowest BCUT2D eigenvalue weighted by molar-refractivity contribution is -0.138. The van der Waals surface area contributed by atoms with Crippen LogP contribution in [0.1, 0.15) is 46.8 Å². The van der Waals surface area contributed by atoms with Gasteiger partial charge in [0.25, 0.3) is 5.56 Å². The van der Waals surface area contributed by atoms with Gasteiger partial charge in [0.2, 0.25) is 0 Å². The van der Waals surface area contributed by atoms with Crippen LogP contribution in [0, 0.1) is 12.8 Å². The highest BCUT2D eigenvalue weighted by molar-refractivity contribution is 5.88. The van der Waals surface area contributed by atoms with Crippen molar-refractivity contribution in [1.29, 1.82) is 0 Å². The number of aromatic nitrogens is 4. The number of halogens is 3. The first kappa shape index (κ1) is 27.2. The van der Waals surface area contributed by atoms with Crippen LogP contribution < -0.4 is 16.9 Å². The van der Waals surface area contributed by atoms with Gasteiger partial charge in [0.1, 0.15) is 5.56 Å². The number of hydrogen-bond acceptors (Lipinski definition) is 5. The van der Waals surface area contributed by atoms with Crippen molar-refractivity contribution in [3.8, 4) is 5.69 Å². The fraction of sp³-hybridized carbons (Fsp3) is 0.357. The van der Waals surface area contributed by atoms with Gasteiger partial charge in [0, 0.05) is 19.8 Å². The molecule has 1 fully saturated rings. The Morgan fingerprint density at radius 2 is 1.75 bits per heavy atom. The van der Waals surface area contributed by atoms with Gasteiger partial charge in [0.05, 0.1) is 35.4 Å². The van der Waals surface area contributed by atoms with Crippen LogP contribution in [0.25, 0.3) is 16.7 Å². The van der Waals surface area contributed by atoms with Crippen LogP contribution in [0.3, 0.4) is 0 Å². The van der Waals surface area contributed by atoms with Gasteiger partial charge < -0.3 is 4.74 Å². The molecule has 1 aliphatic carbocycles. The van der Waals surface area contributed by atoms with Crippen LogP contribution in [0.2, 0.25) is 0 Å². The Balaban J connectivity index is 1.71. The molecule has 4 aromatic rings. The van der Waals surface area contributed by atoms with Crippen molar-refractivity contribution in [2.24, 2.45) is 13.0 Å². The van der Waals surface area contributed by atoms with Crippen LogP contribution in [0.4, 0.5) is 13.2 Å².